The minimum atomic E-state index is -0.413. The molecule has 0 bridgehead atoms. The molecule has 0 amide bonds. The highest BCUT2D eigenvalue weighted by atomic mass is 16.6. The lowest BCUT2D eigenvalue weighted by Crippen LogP contribution is -2.11. The van der Waals surface area contributed by atoms with Crippen LogP contribution in [0.15, 0.2) is 24.3 Å². The van der Waals surface area contributed by atoms with Gasteiger partial charge in [0.25, 0.3) is 5.69 Å². The fourth-order valence-electron chi connectivity index (χ4n) is 2.98. The zero-order valence-corrected chi connectivity index (χ0v) is 11.7. The van der Waals surface area contributed by atoms with E-state index in [0.717, 1.165) is 6.42 Å². The van der Waals surface area contributed by atoms with Gasteiger partial charge in [0.1, 0.15) is 5.78 Å². The Morgan fingerprint density at radius 2 is 1.90 bits per heavy atom. The van der Waals surface area contributed by atoms with E-state index in [1.54, 1.807) is 18.2 Å². The first-order valence-corrected chi connectivity index (χ1v) is 7.41. The van der Waals surface area contributed by atoms with Crippen molar-refractivity contribution in [2.45, 2.75) is 51.4 Å². The molecule has 2 rings (SSSR count). The first-order chi connectivity index (χ1) is 9.66. The maximum atomic E-state index is 12.0. The monoisotopic (exact) mass is 275 g/mol. The van der Waals surface area contributed by atoms with Gasteiger partial charge in [-0.1, -0.05) is 50.3 Å². The lowest BCUT2D eigenvalue weighted by atomic mass is 9.85. The highest BCUT2D eigenvalue weighted by Gasteiger charge is 2.18. The van der Waals surface area contributed by atoms with Crippen molar-refractivity contribution < 1.29 is 9.72 Å². The Morgan fingerprint density at radius 3 is 2.60 bits per heavy atom. The fraction of sp³-hybridized carbons (Fsp3) is 0.562. The average Bonchev–Trinajstić information content (AvgIpc) is 2.46. The third-order valence-electron chi connectivity index (χ3n) is 4.13. The van der Waals surface area contributed by atoms with Crippen molar-refractivity contribution in [3.8, 4) is 0 Å². The molecule has 20 heavy (non-hydrogen) atoms. The molecule has 1 saturated carbocycles. The second-order valence-corrected chi connectivity index (χ2v) is 5.64. The summed E-state index contributed by atoms with van der Waals surface area (Å²) >= 11 is 0. The number of para-hydroxylation sites is 1. The van der Waals surface area contributed by atoms with Gasteiger partial charge in [0.2, 0.25) is 0 Å². The Morgan fingerprint density at radius 1 is 1.20 bits per heavy atom. The Balaban J connectivity index is 1.86. The molecule has 0 saturated heterocycles. The number of ketones is 1. The molecule has 1 aliphatic carbocycles. The predicted molar refractivity (Wildman–Crippen MR) is 77.6 cm³/mol. The van der Waals surface area contributed by atoms with Crippen LogP contribution in [0.25, 0.3) is 0 Å². The summed E-state index contributed by atoms with van der Waals surface area (Å²) in [5.41, 5.74) is 0.588. The van der Waals surface area contributed by atoms with Crippen LogP contribution in [0.4, 0.5) is 5.69 Å². The summed E-state index contributed by atoms with van der Waals surface area (Å²) in [6, 6.07) is 6.52. The fourth-order valence-corrected chi connectivity index (χ4v) is 2.98. The number of carbonyl (C=O) groups excluding carboxylic acids is 1. The predicted octanol–water partition coefficient (Wildman–Crippen LogP) is 4.07. The van der Waals surface area contributed by atoms with E-state index in [9.17, 15) is 14.9 Å². The van der Waals surface area contributed by atoms with Crippen molar-refractivity contribution >= 4 is 11.5 Å². The van der Waals surface area contributed by atoms with Crippen LogP contribution in [-0.4, -0.2) is 10.7 Å². The van der Waals surface area contributed by atoms with Gasteiger partial charge in [-0.2, -0.15) is 0 Å². The summed E-state index contributed by atoms with van der Waals surface area (Å²) in [5, 5.41) is 10.9. The van der Waals surface area contributed by atoms with Crippen molar-refractivity contribution in [3.05, 3.63) is 39.9 Å². The SMILES string of the molecule is O=C(CCC1CCCCC1)Cc1ccccc1[N+](=O)[O-]. The van der Waals surface area contributed by atoms with Gasteiger partial charge in [0.05, 0.1) is 4.92 Å². The smallest absolute Gasteiger partial charge is 0.273 e. The molecular weight excluding hydrogens is 254 g/mol. The van der Waals surface area contributed by atoms with E-state index in [1.807, 2.05) is 0 Å². The first-order valence-electron chi connectivity index (χ1n) is 7.41. The molecule has 0 atom stereocenters. The van der Waals surface area contributed by atoms with Crippen LogP contribution in [0.3, 0.4) is 0 Å². The maximum absolute atomic E-state index is 12.0. The largest absolute Gasteiger partial charge is 0.299 e. The van der Waals surface area contributed by atoms with Gasteiger partial charge >= 0.3 is 0 Å². The molecular formula is C16H21NO3. The first kappa shape index (κ1) is 14.7. The molecule has 0 heterocycles. The third kappa shape index (κ3) is 4.15. The van der Waals surface area contributed by atoms with E-state index in [1.165, 1.54) is 38.2 Å². The number of nitrogens with zero attached hydrogens (tertiary/aromatic N) is 1. The summed E-state index contributed by atoms with van der Waals surface area (Å²) in [4.78, 5) is 22.5. The van der Waals surface area contributed by atoms with Gasteiger partial charge in [-0.3, -0.25) is 14.9 Å². The molecule has 0 spiro atoms. The van der Waals surface area contributed by atoms with Crippen molar-refractivity contribution in [2.24, 2.45) is 5.92 Å². The minimum Gasteiger partial charge on any atom is -0.299 e. The van der Waals surface area contributed by atoms with Crippen LogP contribution in [-0.2, 0) is 11.2 Å². The van der Waals surface area contributed by atoms with Crippen LogP contribution in [0.5, 0.6) is 0 Å². The van der Waals surface area contributed by atoms with E-state index in [4.69, 9.17) is 0 Å². The minimum absolute atomic E-state index is 0.0542. The summed E-state index contributed by atoms with van der Waals surface area (Å²) in [7, 11) is 0. The molecule has 0 unspecified atom stereocenters. The molecule has 108 valence electrons. The second kappa shape index (κ2) is 7.17. The van der Waals surface area contributed by atoms with E-state index >= 15 is 0 Å². The molecule has 4 nitrogen and oxygen atoms in total. The summed E-state index contributed by atoms with van der Waals surface area (Å²) in [5.74, 6) is 0.795. The number of hydrogen-bond acceptors (Lipinski definition) is 3. The number of nitro benzene ring substituents is 1. The second-order valence-electron chi connectivity index (χ2n) is 5.64. The number of hydrogen-bond donors (Lipinski definition) is 0. The van der Waals surface area contributed by atoms with E-state index < -0.39 is 4.92 Å². The third-order valence-corrected chi connectivity index (χ3v) is 4.13. The summed E-state index contributed by atoms with van der Waals surface area (Å²) < 4.78 is 0. The van der Waals surface area contributed by atoms with Crippen molar-refractivity contribution in [3.63, 3.8) is 0 Å². The highest BCUT2D eigenvalue weighted by molar-refractivity contribution is 5.81. The molecule has 4 heteroatoms. The maximum Gasteiger partial charge on any atom is 0.273 e. The lowest BCUT2D eigenvalue weighted by molar-refractivity contribution is -0.385. The molecule has 0 aromatic heterocycles. The molecule has 0 radical (unpaired) electrons. The van der Waals surface area contributed by atoms with Crippen LogP contribution >= 0.6 is 0 Å². The Bertz CT molecular complexity index is 478. The Labute approximate surface area is 119 Å². The molecule has 1 aromatic rings. The molecule has 0 aliphatic heterocycles. The molecule has 1 fully saturated rings. The number of nitro groups is 1. The number of carbonyl (C=O) groups is 1. The average molecular weight is 275 g/mol. The zero-order chi connectivity index (χ0) is 14.4. The van der Waals surface area contributed by atoms with E-state index in [2.05, 4.69) is 0 Å². The van der Waals surface area contributed by atoms with Crippen LogP contribution in [0, 0.1) is 16.0 Å². The standard InChI is InChI=1S/C16H21NO3/c18-15(11-10-13-6-2-1-3-7-13)12-14-8-4-5-9-16(14)17(19)20/h4-5,8-9,13H,1-3,6-7,10-12H2. The van der Waals surface area contributed by atoms with Crippen molar-refractivity contribution in [2.75, 3.05) is 0 Å². The summed E-state index contributed by atoms with van der Waals surface area (Å²) in [6.07, 6.45) is 8.03. The normalized spacial score (nSPS) is 16.0. The molecule has 0 N–H and O–H groups in total. The number of benzene rings is 1. The Hall–Kier alpha value is -1.71. The van der Waals surface area contributed by atoms with Crippen LogP contribution < -0.4 is 0 Å². The molecule has 1 aliphatic rings. The Kier molecular flexibility index (Phi) is 5.27. The summed E-state index contributed by atoms with van der Waals surface area (Å²) in [6.45, 7) is 0. The number of rotatable bonds is 6. The zero-order valence-electron chi connectivity index (χ0n) is 11.7. The van der Waals surface area contributed by atoms with Gasteiger partial charge < -0.3 is 0 Å². The van der Waals surface area contributed by atoms with Crippen LogP contribution in [0.1, 0.15) is 50.5 Å². The van der Waals surface area contributed by atoms with Gasteiger partial charge in [0.15, 0.2) is 0 Å². The van der Waals surface area contributed by atoms with Gasteiger partial charge in [-0.05, 0) is 12.3 Å². The number of Topliss-reactive ketones (excluding diaryl/α,β-unsaturated/α-hetero) is 1. The van der Waals surface area contributed by atoms with Gasteiger partial charge in [-0.15, -0.1) is 0 Å². The molecule has 1 aromatic carbocycles. The highest BCUT2D eigenvalue weighted by Crippen LogP contribution is 2.27. The lowest BCUT2D eigenvalue weighted by Gasteiger charge is -2.20. The van der Waals surface area contributed by atoms with Crippen molar-refractivity contribution in [1.29, 1.82) is 0 Å². The van der Waals surface area contributed by atoms with Gasteiger partial charge in [0, 0.05) is 24.5 Å². The van der Waals surface area contributed by atoms with Gasteiger partial charge in [-0.25, -0.2) is 0 Å². The van der Waals surface area contributed by atoms with E-state index in [-0.39, 0.29) is 17.9 Å². The quantitative estimate of drug-likeness (QED) is 0.581. The topological polar surface area (TPSA) is 60.2 Å². The van der Waals surface area contributed by atoms with Crippen LogP contribution in [0.2, 0.25) is 0 Å². The van der Waals surface area contributed by atoms with Crippen molar-refractivity contribution in [1.82, 2.24) is 0 Å². The van der Waals surface area contributed by atoms with E-state index in [0.29, 0.717) is 17.9 Å².